The summed E-state index contributed by atoms with van der Waals surface area (Å²) in [6.45, 7) is 1.39. The molecule has 0 fully saturated rings. The molecule has 0 unspecified atom stereocenters. The number of amides is 1. The maximum atomic E-state index is 11.1. The second-order valence-electron chi connectivity index (χ2n) is 4.29. The van der Waals surface area contributed by atoms with E-state index in [1.807, 2.05) is 0 Å². The van der Waals surface area contributed by atoms with Gasteiger partial charge in [-0.15, -0.1) is 0 Å². The number of hydrogen-bond donors (Lipinski definition) is 3. The Labute approximate surface area is 185 Å². The molecule has 23 heavy (non-hydrogen) atoms. The van der Waals surface area contributed by atoms with Crippen LogP contribution in [0.15, 0.2) is 41.4 Å². The Morgan fingerprint density at radius 1 is 1.04 bits per heavy atom. The van der Waals surface area contributed by atoms with E-state index >= 15 is 0 Å². The number of nitrogen functional groups attached to an aromatic ring is 2. The number of nitrogens with one attached hydrogen (secondary N) is 1. The smallest absolute Gasteiger partial charge is 1.00 e. The summed E-state index contributed by atoms with van der Waals surface area (Å²) >= 11 is 0. The molecule has 110 valence electrons. The molecule has 0 heterocycles. The van der Waals surface area contributed by atoms with Crippen molar-refractivity contribution in [3.8, 4) is 0 Å². The second kappa shape index (κ2) is 11.1. The van der Waals surface area contributed by atoms with Gasteiger partial charge >= 0.3 is 59.1 Å². The Balaban J connectivity index is 0. The van der Waals surface area contributed by atoms with Gasteiger partial charge in [-0.1, -0.05) is 0 Å². The average Bonchev–Trinajstić information content (AvgIpc) is 2.37. The summed E-state index contributed by atoms with van der Waals surface area (Å²) in [5.41, 5.74) is 13.9. The third-order valence-corrected chi connectivity index (χ3v) is 2.60. The van der Waals surface area contributed by atoms with Gasteiger partial charge in [0.15, 0.2) is 5.78 Å². The Bertz CT molecular complexity index is 670. The molecule has 0 bridgehead atoms. The third kappa shape index (κ3) is 7.26. The van der Waals surface area contributed by atoms with Gasteiger partial charge in [-0.05, 0) is 36.4 Å². The molecule has 0 aliphatic heterocycles. The van der Waals surface area contributed by atoms with Gasteiger partial charge in [0.2, 0.25) is 5.91 Å². The maximum absolute atomic E-state index is 11.1. The molecule has 0 saturated heterocycles. The van der Waals surface area contributed by atoms with Crippen molar-refractivity contribution in [2.24, 2.45) is 4.99 Å². The fraction of sp³-hybridized carbons (Fsp3) is 0.0714. The SMILES string of the molecule is CC(=O)Nc1cc(N=C2C=CC(=O)C=C2)c(N)cc1N.[Na+].[Na+].[S-2]. The predicted molar refractivity (Wildman–Crippen MR) is 87.3 cm³/mol. The molecule has 1 amide bonds. The molecule has 9 heteroatoms. The Morgan fingerprint density at radius 2 is 1.61 bits per heavy atom. The van der Waals surface area contributed by atoms with Crippen molar-refractivity contribution in [1.29, 1.82) is 0 Å². The van der Waals surface area contributed by atoms with Crippen LogP contribution < -0.4 is 75.9 Å². The van der Waals surface area contributed by atoms with E-state index in [-0.39, 0.29) is 84.3 Å². The van der Waals surface area contributed by atoms with Gasteiger partial charge in [-0.25, -0.2) is 4.99 Å². The number of nitrogens with zero attached hydrogens (tertiary/aromatic N) is 1. The first-order chi connectivity index (χ1) is 9.45. The van der Waals surface area contributed by atoms with Crippen molar-refractivity contribution in [1.82, 2.24) is 0 Å². The van der Waals surface area contributed by atoms with Crippen LogP contribution in [0.2, 0.25) is 0 Å². The van der Waals surface area contributed by atoms with Gasteiger partial charge in [0.25, 0.3) is 0 Å². The Kier molecular flexibility index (Phi) is 11.9. The monoisotopic (exact) mass is 348 g/mol. The Morgan fingerprint density at radius 3 is 2.13 bits per heavy atom. The molecule has 0 radical (unpaired) electrons. The second-order valence-corrected chi connectivity index (χ2v) is 4.29. The number of rotatable bonds is 2. The molecule has 0 aromatic heterocycles. The van der Waals surface area contributed by atoms with Crippen molar-refractivity contribution < 1.29 is 68.7 Å². The van der Waals surface area contributed by atoms with Gasteiger partial charge in [0, 0.05) is 6.92 Å². The zero-order valence-corrected chi connectivity index (χ0v) is 18.1. The van der Waals surface area contributed by atoms with E-state index in [0.717, 1.165) is 0 Å². The van der Waals surface area contributed by atoms with Crippen LogP contribution in [0.5, 0.6) is 0 Å². The van der Waals surface area contributed by atoms with Crippen LogP contribution in [0.1, 0.15) is 6.92 Å². The summed E-state index contributed by atoms with van der Waals surface area (Å²) < 4.78 is 0. The van der Waals surface area contributed by atoms with Crippen LogP contribution in [-0.4, -0.2) is 17.4 Å². The minimum atomic E-state index is -0.233. The molecule has 1 aliphatic carbocycles. The molecule has 0 spiro atoms. The van der Waals surface area contributed by atoms with E-state index < -0.39 is 0 Å². The normalized spacial score (nSPS) is 11.7. The molecule has 5 N–H and O–H groups in total. The van der Waals surface area contributed by atoms with E-state index in [9.17, 15) is 9.59 Å². The minimum absolute atomic E-state index is 0. The van der Waals surface area contributed by atoms with E-state index in [1.54, 1.807) is 18.2 Å². The topological polar surface area (TPSA) is 111 Å². The maximum Gasteiger partial charge on any atom is 1.00 e. The molecular formula is C14H14N4Na2O2S. The van der Waals surface area contributed by atoms with Crippen LogP contribution in [-0.2, 0) is 23.1 Å². The van der Waals surface area contributed by atoms with Crippen molar-refractivity contribution in [3.63, 3.8) is 0 Å². The molecule has 0 saturated carbocycles. The minimum Gasteiger partial charge on any atom is -2.00 e. The first kappa shape index (κ1) is 24.7. The molecule has 1 aromatic carbocycles. The van der Waals surface area contributed by atoms with Crippen molar-refractivity contribution in [2.45, 2.75) is 6.92 Å². The number of allylic oxidation sites excluding steroid dienone is 4. The largest absolute Gasteiger partial charge is 2.00 e. The number of hydrogen-bond acceptors (Lipinski definition) is 5. The molecular weight excluding hydrogens is 334 g/mol. The fourth-order valence-electron chi connectivity index (χ4n) is 1.68. The summed E-state index contributed by atoms with van der Waals surface area (Å²) in [5.74, 6) is -0.323. The van der Waals surface area contributed by atoms with Crippen molar-refractivity contribution in [3.05, 3.63) is 36.4 Å². The van der Waals surface area contributed by atoms with Crippen LogP contribution in [0.25, 0.3) is 0 Å². The van der Waals surface area contributed by atoms with Crippen LogP contribution in [0.4, 0.5) is 22.7 Å². The summed E-state index contributed by atoms with van der Waals surface area (Å²) in [4.78, 5) is 26.4. The molecule has 1 aliphatic rings. The number of ketones is 1. The summed E-state index contributed by atoms with van der Waals surface area (Å²) in [5, 5.41) is 2.61. The number of carbonyl (C=O) groups is 2. The third-order valence-electron chi connectivity index (χ3n) is 2.60. The van der Waals surface area contributed by atoms with E-state index in [4.69, 9.17) is 11.5 Å². The van der Waals surface area contributed by atoms with E-state index in [2.05, 4.69) is 10.3 Å². The quantitative estimate of drug-likeness (QED) is 0.285. The van der Waals surface area contributed by atoms with Gasteiger partial charge in [0.1, 0.15) is 0 Å². The zero-order chi connectivity index (χ0) is 14.7. The van der Waals surface area contributed by atoms with Gasteiger partial charge in [0.05, 0.1) is 28.5 Å². The molecule has 2 rings (SSSR count). The first-order valence-electron chi connectivity index (χ1n) is 5.91. The molecule has 0 atom stereocenters. The van der Waals surface area contributed by atoms with E-state index in [1.165, 1.54) is 25.1 Å². The molecule has 6 nitrogen and oxygen atoms in total. The van der Waals surface area contributed by atoms with Crippen LogP contribution >= 0.6 is 0 Å². The number of carbonyl (C=O) groups excluding carboxylic acids is 2. The molecule has 1 aromatic rings. The van der Waals surface area contributed by atoms with Gasteiger partial charge < -0.3 is 30.3 Å². The Hall–Kier alpha value is -0.540. The van der Waals surface area contributed by atoms with E-state index in [0.29, 0.717) is 28.5 Å². The van der Waals surface area contributed by atoms with Gasteiger partial charge in [-0.2, -0.15) is 0 Å². The fourth-order valence-corrected chi connectivity index (χ4v) is 1.68. The summed E-state index contributed by atoms with van der Waals surface area (Å²) in [7, 11) is 0. The summed E-state index contributed by atoms with van der Waals surface area (Å²) in [6, 6.07) is 3.13. The van der Waals surface area contributed by atoms with Crippen LogP contribution in [0.3, 0.4) is 0 Å². The number of aliphatic imine (C=N–C) groups is 1. The van der Waals surface area contributed by atoms with Crippen molar-refractivity contribution >= 4 is 53.6 Å². The number of nitrogens with two attached hydrogens (primary N) is 2. The first-order valence-corrected chi connectivity index (χ1v) is 5.91. The number of benzene rings is 1. The summed E-state index contributed by atoms with van der Waals surface area (Å²) in [6.07, 6.45) is 6.02. The zero-order valence-electron chi connectivity index (χ0n) is 13.3. The van der Waals surface area contributed by atoms with Gasteiger partial charge in [-0.3, -0.25) is 9.59 Å². The number of anilines is 3. The predicted octanol–water partition coefficient (Wildman–Crippen LogP) is -4.42. The standard InChI is InChI=1S/C14H14N4O2.2Na.S/c1-8(19)17-13-7-14(12(16)6-11(13)15)18-9-2-4-10(20)5-3-9;;;/h2-7H,15-16H2,1H3,(H,17,19);;;/q;2*+1;-2. The van der Waals surface area contributed by atoms with Crippen molar-refractivity contribution in [2.75, 3.05) is 16.8 Å². The van der Waals surface area contributed by atoms with Crippen LogP contribution in [0, 0.1) is 0 Å². The average molecular weight is 348 g/mol.